The fraction of sp³-hybridized carbons (Fsp3) is 0.524. The van der Waals surface area contributed by atoms with Crippen LogP contribution in [-0.2, 0) is 21.2 Å². The second-order valence-electron chi connectivity index (χ2n) is 8.65. The van der Waals surface area contributed by atoms with Crippen molar-refractivity contribution < 1.29 is 35.9 Å². The standard InChI is InChI=1S/C21H23F4N3O4S2/c1-2-34(31,32)27-17-16(28(11-21(17,24)25)19(29)20(30)4-3-5-20)9-15-10-33-18(26-15)12-6-13(22)8-14(23)7-12/h6-8,10,16-17,27,30H,2-5,9,11H2,1H3. The topological polar surface area (TPSA) is 99.6 Å². The van der Waals surface area contributed by atoms with Gasteiger partial charge in [0.15, 0.2) is 0 Å². The van der Waals surface area contributed by atoms with Gasteiger partial charge in [-0.25, -0.2) is 35.7 Å². The lowest BCUT2D eigenvalue weighted by atomic mass is 9.79. The van der Waals surface area contributed by atoms with Crippen LogP contribution in [0.2, 0.25) is 0 Å². The van der Waals surface area contributed by atoms with Crippen molar-refractivity contribution in [1.82, 2.24) is 14.6 Å². The zero-order valence-electron chi connectivity index (χ0n) is 18.1. The average Bonchev–Trinajstić information content (AvgIpc) is 3.29. The minimum Gasteiger partial charge on any atom is -0.380 e. The number of thiazole rings is 1. The number of benzene rings is 1. The number of amides is 1. The van der Waals surface area contributed by atoms with Gasteiger partial charge in [0.1, 0.15) is 28.3 Å². The number of aromatic nitrogens is 1. The molecule has 1 saturated carbocycles. The summed E-state index contributed by atoms with van der Waals surface area (Å²) in [4.78, 5) is 18.1. The number of rotatable bonds is 7. The second kappa shape index (κ2) is 8.85. The van der Waals surface area contributed by atoms with Crippen LogP contribution in [0.1, 0.15) is 31.9 Å². The van der Waals surface area contributed by atoms with Crippen molar-refractivity contribution in [2.75, 3.05) is 12.3 Å². The molecule has 2 atom stereocenters. The van der Waals surface area contributed by atoms with Gasteiger partial charge in [-0.2, -0.15) is 0 Å². The van der Waals surface area contributed by atoms with Gasteiger partial charge in [-0.15, -0.1) is 11.3 Å². The Morgan fingerprint density at radius 2 is 1.91 bits per heavy atom. The highest BCUT2D eigenvalue weighted by molar-refractivity contribution is 7.89. The molecule has 4 rings (SSSR count). The number of hydrogen-bond acceptors (Lipinski definition) is 6. The van der Waals surface area contributed by atoms with Crippen LogP contribution >= 0.6 is 11.3 Å². The number of sulfonamides is 1. The smallest absolute Gasteiger partial charge is 0.283 e. The van der Waals surface area contributed by atoms with Crippen molar-refractivity contribution in [3.8, 4) is 10.6 Å². The summed E-state index contributed by atoms with van der Waals surface area (Å²) in [5.41, 5.74) is -1.35. The lowest BCUT2D eigenvalue weighted by molar-refractivity contribution is -0.162. The molecule has 186 valence electrons. The van der Waals surface area contributed by atoms with Crippen molar-refractivity contribution >= 4 is 27.3 Å². The molecule has 1 aliphatic carbocycles. The van der Waals surface area contributed by atoms with Crippen LogP contribution < -0.4 is 4.72 Å². The monoisotopic (exact) mass is 521 g/mol. The molecule has 1 amide bonds. The summed E-state index contributed by atoms with van der Waals surface area (Å²) >= 11 is 1.03. The van der Waals surface area contributed by atoms with Crippen LogP contribution in [0.5, 0.6) is 0 Å². The quantitative estimate of drug-likeness (QED) is 0.546. The first-order valence-corrected chi connectivity index (χ1v) is 13.2. The molecule has 0 spiro atoms. The van der Waals surface area contributed by atoms with Crippen LogP contribution in [0.4, 0.5) is 17.6 Å². The third-order valence-corrected chi connectivity index (χ3v) is 8.54. The molecule has 2 N–H and O–H groups in total. The molecule has 1 aliphatic heterocycles. The van der Waals surface area contributed by atoms with Crippen LogP contribution in [0.15, 0.2) is 23.6 Å². The summed E-state index contributed by atoms with van der Waals surface area (Å²) in [6.07, 6.45) is 0.598. The van der Waals surface area contributed by atoms with Crippen molar-refractivity contribution in [1.29, 1.82) is 0 Å². The molecule has 2 fully saturated rings. The summed E-state index contributed by atoms with van der Waals surface area (Å²) in [5, 5.41) is 12.2. The number of aliphatic hydroxyl groups is 1. The predicted octanol–water partition coefficient (Wildman–Crippen LogP) is 2.70. The Bertz CT molecular complexity index is 1180. The Morgan fingerprint density at radius 3 is 2.47 bits per heavy atom. The Hall–Kier alpha value is -2.09. The zero-order valence-corrected chi connectivity index (χ0v) is 19.7. The molecule has 0 radical (unpaired) electrons. The van der Waals surface area contributed by atoms with E-state index in [9.17, 15) is 27.1 Å². The number of likely N-dealkylation sites (tertiary alicyclic amines) is 1. The van der Waals surface area contributed by atoms with E-state index in [0.29, 0.717) is 12.5 Å². The second-order valence-corrected chi connectivity index (χ2v) is 11.6. The van der Waals surface area contributed by atoms with E-state index in [0.717, 1.165) is 28.4 Å². The molecule has 1 saturated heterocycles. The molecule has 7 nitrogen and oxygen atoms in total. The molecule has 13 heteroatoms. The largest absolute Gasteiger partial charge is 0.380 e. The molecular formula is C21H23F4N3O4S2. The Labute approximate surface area is 197 Å². The third kappa shape index (κ3) is 4.83. The van der Waals surface area contributed by atoms with Gasteiger partial charge in [-0.05, 0) is 38.3 Å². The van der Waals surface area contributed by atoms with Gasteiger partial charge < -0.3 is 10.0 Å². The summed E-state index contributed by atoms with van der Waals surface area (Å²) in [6.45, 7) is 0.247. The minimum absolute atomic E-state index is 0.137. The number of carbonyl (C=O) groups is 1. The molecule has 1 aromatic heterocycles. The number of nitrogens with one attached hydrogen (secondary N) is 1. The van der Waals surface area contributed by atoms with Gasteiger partial charge in [0.25, 0.3) is 11.8 Å². The Morgan fingerprint density at radius 1 is 1.26 bits per heavy atom. The van der Waals surface area contributed by atoms with Gasteiger partial charge in [-0.3, -0.25) is 4.79 Å². The highest BCUT2D eigenvalue weighted by Gasteiger charge is 2.60. The zero-order chi connectivity index (χ0) is 24.9. The molecule has 0 bridgehead atoms. The van der Waals surface area contributed by atoms with E-state index in [4.69, 9.17) is 0 Å². The first-order chi connectivity index (χ1) is 15.8. The number of hydrogen-bond donors (Lipinski definition) is 2. The molecule has 2 aliphatic rings. The first kappa shape index (κ1) is 25.0. The molecule has 34 heavy (non-hydrogen) atoms. The fourth-order valence-electron chi connectivity index (χ4n) is 4.21. The number of halogens is 4. The fourth-order valence-corrected chi connectivity index (χ4v) is 5.92. The van der Waals surface area contributed by atoms with E-state index in [1.165, 1.54) is 12.3 Å². The van der Waals surface area contributed by atoms with Gasteiger partial charge >= 0.3 is 0 Å². The molecular weight excluding hydrogens is 498 g/mol. The lowest BCUT2D eigenvalue weighted by Gasteiger charge is -2.40. The van der Waals surface area contributed by atoms with E-state index in [-0.39, 0.29) is 35.5 Å². The summed E-state index contributed by atoms with van der Waals surface area (Å²) < 4.78 is 83.5. The number of nitrogens with zero attached hydrogens (tertiary/aromatic N) is 2. The number of alkyl halides is 2. The van der Waals surface area contributed by atoms with Crippen molar-refractivity contribution in [2.45, 2.75) is 56.2 Å². The lowest BCUT2D eigenvalue weighted by Crippen LogP contribution is -2.57. The molecule has 2 aromatic rings. The van der Waals surface area contributed by atoms with Crippen molar-refractivity contribution in [3.63, 3.8) is 0 Å². The van der Waals surface area contributed by atoms with Crippen LogP contribution in [-0.4, -0.2) is 65.2 Å². The minimum atomic E-state index is -4.05. The third-order valence-electron chi connectivity index (χ3n) is 6.23. The van der Waals surface area contributed by atoms with Crippen LogP contribution in [0.25, 0.3) is 10.6 Å². The van der Waals surface area contributed by atoms with E-state index in [1.54, 1.807) is 0 Å². The van der Waals surface area contributed by atoms with Crippen molar-refractivity contribution in [2.24, 2.45) is 0 Å². The van der Waals surface area contributed by atoms with Gasteiger partial charge in [-0.1, -0.05) is 0 Å². The predicted molar refractivity (Wildman–Crippen MR) is 117 cm³/mol. The van der Waals surface area contributed by atoms with E-state index in [2.05, 4.69) is 4.98 Å². The highest BCUT2D eigenvalue weighted by Crippen LogP contribution is 2.40. The normalized spacial score (nSPS) is 23.6. The summed E-state index contributed by atoms with van der Waals surface area (Å²) in [5.74, 6) is -6.50. The van der Waals surface area contributed by atoms with Crippen molar-refractivity contribution in [3.05, 3.63) is 40.9 Å². The summed E-state index contributed by atoms with van der Waals surface area (Å²) in [7, 11) is -4.05. The van der Waals surface area contributed by atoms with Gasteiger partial charge in [0.2, 0.25) is 10.0 Å². The van der Waals surface area contributed by atoms with E-state index < -0.39 is 63.5 Å². The highest BCUT2D eigenvalue weighted by atomic mass is 32.2. The molecule has 2 heterocycles. The Balaban J connectivity index is 1.67. The van der Waals surface area contributed by atoms with Crippen LogP contribution in [0.3, 0.4) is 0 Å². The Kier molecular flexibility index (Phi) is 6.51. The maximum atomic E-state index is 15.0. The SMILES string of the molecule is CCS(=O)(=O)NC1C(Cc2csc(-c3cc(F)cc(F)c3)n2)N(C(=O)C2(O)CCC2)CC1(F)F. The summed E-state index contributed by atoms with van der Waals surface area (Å²) in [6, 6.07) is -0.391. The number of carbonyl (C=O) groups excluding carboxylic acids is 1. The molecule has 1 aromatic carbocycles. The van der Waals surface area contributed by atoms with Gasteiger partial charge in [0.05, 0.1) is 24.0 Å². The van der Waals surface area contributed by atoms with Gasteiger partial charge in [0, 0.05) is 23.4 Å². The average molecular weight is 522 g/mol. The van der Waals surface area contributed by atoms with E-state index >= 15 is 8.78 Å². The van der Waals surface area contributed by atoms with E-state index in [1.807, 2.05) is 4.72 Å². The molecule has 2 unspecified atom stereocenters. The maximum Gasteiger partial charge on any atom is 0.283 e. The maximum absolute atomic E-state index is 15.0. The van der Waals surface area contributed by atoms with Crippen LogP contribution in [0, 0.1) is 11.6 Å². The first-order valence-electron chi connectivity index (χ1n) is 10.7.